The Morgan fingerprint density at radius 3 is 2.00 bits per heavy atom. The minimum absolute atomic E-state index is 0. The van der Waals surface area contributed by atoms with E-state index >= 15 is 0 Å². The van der Waals surface area contributed by atoms with Gasteiger partial charge < -0.3 is 6.08 Å². The van der Waals surface area contributed by atoms with Gasteiger partial charge in [0.1, 0.15) is 0 Å². The average molecular weight is 127 g/mol. The van der Waals surface area contributed by atoms with Crippen LogP contribution in [0.3, 0.4) is 0 Å². The van der Waals surface area contributed by atoms with E-state index in [1.54, 1.807) is 0 Å². The Labute approximate surface area is 52.9 Å². The molecule has 0 aliphatic carbocycles. The maximum atomic E-state index is 3.31. The molecule has 0 bridgehead atoms. The third-order valence-corrected chi connectivity index (χ3v) is 0.491. The van der Waals surface area contributed by atoms with Gasteiger partial charge in [-0.2, -0.15) is 0 Å². The summed E-state index contributed by atoms with van der Waals surface area (Å²) in [7, 11) is 0. The Balaban J connectivity index is 0. The summed E-state index contributed by atoms with van der Waals surface area (Å²) in [5, 5.41) is 0.771. The SMILES string of the molecule is C=[C-]CBr.[Li+]. The van der Waals surface area contributed by atoms with Crippen LogP contribution in [-0.2, 0) is 0 Å². The fraction of sp³-hybridized carbons (Fsp3) is 0.333. The molecule has 0 aromatic rings. The molecule has 0 N–H and O–H groups in total. The van der Waals surface area contributed by atoms with Crippen molar-refractivity contribution >= 4 is 15.9 Å². The zero-order valence-electron chi connectivity index (χ0n) is 3.29. The van der Waals surface area contributed by atoms with Gasteiger partial charge in [-0.25, -0.2) is 0 Å². The molecule has 0 heterocycles. The van der Waals surface area contributed by atoms with Crippen LogP contribution >= 0.6 is 15.9 Å². The fourth-order valence-electron chi connectivity index (χ4n) is 0. The number of hydrogen-bond acceptors (Lipinski definition) is 0. The second-order valence-electron chi connectivity index (χ2n) is 0.384. The van der Waals surface area contributed by atoms with E-state index in [4.69, 9.17) is 0 Å². The van der Waals surface area contributed by atoms with Crippen molar-refractivity contribution in [1.82, 2.24) is 0 Å². The van der Waals surface area contributed by atoms with Gasteiger partial charge in [0.15, 0.2) is 0 Å². The normalized spacial score (nSPS) is 5.00. The Morgan fingerprint density at radius 1 is 1.80 bits per heavy atom. The van der Waals surface area contributed by atoms with E-state index in [0.717, 1.165) is 5.33 Å². The molecule has 0 nitrogen and oxygen atoms in total. The Bertz CT molecular complexity index is 20.9. The summed E-state index contributed by atoms with van der Waals surface area (Å²) in [5.41, 5.74) is 0. The number of rotatable bonds is 1. The van der Waals surface area contributed by atoms with Crippen molar-refractivity contribution in [3.63, 3.8) is 0 Å². The first-order valence-electron chi connectivity index (χ1n) is 0.974. The van der Waals surface area contributed by atoms with Gasteiger partial charge >= 0.3 is 18.9 Å². The standard InChI is InChI=1S/C3H4Br.Li/c1-2-3-4;/h1,3H2;/q-1;+1. The summed E-state index contributed by atoms with van der Waals surface area (Å²) >= 11 is 3.07. The molecule has 0 saturated carbocycles. The van der Waals surface area contributed by atoms with Crippen molar-refractivity contribution in [3.8, 4) is 0 Å². The van der Waals surface area contributed by atoms with E-state index in [0.29, 0.717) is 0 Å². The van der Waals surface area contributed by atoms with Crippen LogP contribution in [0.25, 0.3) is 0 Å². The van der Waals surface area contributed by atoms with Crippen molar-refractivity contribution in [2.24, 2.45) is 0 Å². The molecule has 0 rings (SSSR count). The Kier molecular flexibility index (Phi) is 16.4. The largest absolute Gasteiger partial charge is 1.00 e. The predicted molar refractivity (Wildman–Crippen MR) is 22.7 cm³/mol. The van der Waals surface area contributed by atoms with Crippen LogP contribution in [0.4, 0.5) is 0 Å². The summed E-state index contributed by atoms with van der Waals surface area (Å²) in [6.07, 6.45) is 2.60. The minimum atomic E-state index is 0. The number of alkyl halides is 1. The molecule has 0 unspecified atom stereocenters. The summed E-state index contributed by atoms with van der Waals surface area (Å²) in [4.78, 5) is 0. The van der Waals surface area contributed by atoms with Gasteiger partial charge in [-0.1, -0.05) is 0 Å². The zero-order valence-corrected chi connectivity index (χ0v) is 4.88. The molecule has 0 aromatic carbocycles. The first-order valence-corrected chi connectivity index (χ1v) is 2.10. The maximum Gasteiger partial charge on any atom is 1.00 e. The molecular formula is C3H4BrLi. The van der Waals surface area contributed by atoms with Crippen molar-refractivity contribution in [1.29, 1.82) is 0 Å². The third-order valence-electron chi connectivity index (χ3n) is 0.0945. The van der Waals surface area contributed by atoms with Gasteiger partial charge in [0.25, 0.3) is 0 Å². The van der Waals surface area contributed by atoms with Crippen LogP contribution in [-0.4, -0.2) is 5.33 Å². The van der Waals surface area contributed by atoms with Gasteiger partial charge in [-0.3, -0.25) is 6.58 Å². The quantitative estimate of drug-likeness (QED) is 0.225. The van der Waals surface area contributed by atoms with Crippen molar-refractivity contribution in [2.45, 2.75) is 0 Å². The van der Waals surface area contributed by atoms with E-state index in [9.17, 15) is 0 Å². The van der Waals surface area contributed by atoms with Crippen LogP contribution < -0.4 is 18.9 Å². The molecule has 0 spiro atoms. The molecule has 0 atom stereocenters. The maximum absolute atomic E-state index is 3.31. The summed E-state index contributed by atoms with van der Waals surface area (Å²) in [5.74, 6) is 0. The molecular weight excluding hydrogens is 123 g/mol. The molecule has 0 aromatic heterocycles. The van der Waals surface area contributed by atoms with Crippen LogP contribution in [0.15, 0.2) is 6.58 Å². The summed E-state index contributed by atoms with van der Waals surface area (Å²) in [6, 6.07) is 0. The number of halogens is 1. The van der Waals surface area contributed by atoms with Crippen molar-refractivity contribution in [2.75, 3.05) is 5.33 Å². The molecule has 0 fully saturated rings. The third kappa shape index (κ3) is 11.6. The first-order chi connectivity index (χ1) is 1.91. The number of hydrogen-bond donors (Lipinski definition) is 0. The fourth-order valence-corrected chi connectivity index (χ4v) is 0. The molecule has 0 aliphatic heterocycles. The molecule has 2 heteroatoms. The van der Waals surface area contributed by atoms with Crippen molar-refractivity contribution < 1.29 is 18.9 Å². The van der Waals surface area contributed by atoms with Gasteiger partial charge in [-0.15, -0.1) is 21.3 Å². The van der Waals surface area contributed by atoms with E-state index in [1.165, 1.54) is 0 Å². The van der Waals surface area contributed by atoms with E-state index in [1.807, 2.05) is 0 Å². The second-order valence-corrected chi connectivity index (χ2v) is 0.944. The topological polar surface area (TPSA) is 0 Å². The Morgan fingerprint density at radius 2 is 2.00 bits per heavy atom. The Hall–Kier alpha value is 0.817. The van der Waals surface area contributed by atoms with Crippen LogP contribution in [0.1, 0.15) is 0 Å². The second kappa shape index (κ2) is 8.84. The molecule has 5 heavy (non-hydrogen) atoms. The van der Waals surface area contributed by atoms with Crippen LogP contribution in [0.2, 0.25) is 0 Å². The zero-order chi connectivity index (χ0) is 3.41. The van der Waals surface area contributed by atoms with E-state index in [-0.39, 0.29) is 18.9 Å². The van der Waals surface area contributed by atoms with Gasteiger partial charge in [0.05, 0.1) is 0 Å². The molecule has 0 saturated heterocycles. The average Bonchev–Trinajstić information content (AvgIpc) is 1.37. The summed E-state index contributed by atoms with van der Waals surface area (Å²) < 4.78 is 0. The minimum Gasteiger partial charge on any atom is -0.493 e. The van der Waals surface area contributed by atoms with Gasteiger partial charge in [0, 0.05) is 0 Å². The summed E-state index contributed by atoms with van der Waals surface area (Å²) in [6.45, 7) is 3.31. The van der Waals surface area contributed by atoms with Crippen LogP contribution in [0.5, 0.6) is 0 Å². The molecule has 0 aliphatic rings. The smallest absolute Gasteiger partial charge is 0.493 e. The van der Waals surface area contributed by atoms with Crippen LogP contribution in [0, 0.1) is 6.08 Å². The molecule has 0 amide bonds. The number of allylic oxidation sites excluding steroid dienone is 1. The molecule has 0 radical (unpaired) electrons. The van der Waals surface area contributed by atoms with E-state index < -0.39 is 0 Å². The van der Waals surface area contributed by atoms with E-state index in [2.05, 4.69) is 28.6 Å². The van der Waals surface area contributed by atoms with Gasteiger partial charge in [0.2, 0.25) is 0 Å². The van der Waals surface area contributed by atoms with Gasteiger partial charge in [-0.05, 0) is 0 Å². The molecule has 24 valence electrons. The monoisotopic (exact) mass is 126 g/mol. The van der Waals surface area contributed by atoms with Crippen molar-refractivity contribution in [3.05, 3.63) is 12.7 Å². The first kappa shape index (κ1) is 9.26. The predicted octanol–water partition coefficient (Wildman–Crippen LogP) is -1.63.